The van der Waals surface area contributed by atoms with Gasteiger partial charge in [0.15, 0.2) is 0 Å². The number of fused-ring (bicyclic) bond motifs is 1. The van der Waals surface area contributed by atoms with Crippen molar-refractivity contribution in [3.05, 3.63) is 12.2 Å². The Kier molecular flexibility index (Phi) is 2.59. The first-order valence-corrected chi connectivity index (χ1v) is 5.29. The number of carbonyl (C=O) groups is 1. The topological polar surface area (TPSA) is 49.3 Å². The fourth-order valence-corrected chi connectivity index (χ4v) is 2.68. The van der Waals surface area contributed by atoms with Gasteiger partial charge in [0.1, 0.15) is 6.04 Å². The van der Waals surface area contributed by atoms with E-state index in [1.807, 2.05) is 0 Å². The molecule has 2 N–H and O–H groups in total. The lowest BCUT2D eigenvalue weighted by Gasteiger charge is -2.39. The summed E-state index contributed by atoms with van der Waals surface area (Å²) < 4.78 is 0. The summed E-state index contributed by atoms with van der Waals surface area (Å²) in [7, 11) is 0. The monoisotopic (exact) mass is 195 g/mol. The predicted octanol–water partition coefficient (Wildman–Crippen LogP) is 1.41. The summed E-state index contributed by atoms with van der Waals surface area (Å²) >= 11 is 0. The highest BCUT2D eigenvalue weighted by atomic mass is 16.4. The van der Waals surface area contributed by atoms with Crippen molar-refractivity contribution >= 4 is 5.97 Å². The summed E-state index contributed by atoms with van der Waals surface area (Å²) in [6.45, 7) is 4.88. The summed E-state index contributed by atoms with van der Waals surface area (Å²) in [5, 5.41) is 12.0. The van der Waals surface area contributed by atoms with Gasteiger partial charge in [0.05, 0.1) is 0 Å². The highest BCUT2D eigenvalue weighted by molar-refractivity contribution is 5.73. The van der Waals surface area contributed by atoms with E-state index in [1.54, 1.807) is 0 Å². The van der Waals surface area contributed by atoms with Crippen LogP contribution in [0.5, 0.6) is 0 Å². The van der Waals surface area contributed by atoms with Crippen LogP contribution in [0.3, 0.4) is 0 Å². The zero-order valence-corrected chi connectivity index (χ0v) is 8.33. The Morgan fingerprint density at radius 2 is 2.29 bits per heavy atom. The third-order valence-electron chi connectivity index (χ3n) is 3.55. The SMILES string of the molecule is C=C1CCC2CNC(C(=O)O)CC2C1. The molecular formula is C11H17NO2. The second-order valence-corrected chi connectivity index (χ2v) is 4.55. The average molecular weight is 195 g/mol. The molecule has 3 atom stereocenters. The van der Waals surface area contributed by atoms with Gasteiger partial charge in [-0.15, -0.1) is 0 Å². The van der Waals surface area contributed by atoms with Crippen LogP contribution in [0.1, 0.15) is 25.7 Å². The molecule has 1 aliphatic carbocycles. The average Bonchev–Trinajstić information content (AvgIpc) is 2.16. The van der Waals surface area contributed by atoms with Gasteiger partial charge in [0, 0.05) is 0 Å². The summed E-state index contributed by atoms with van der Waals surface area (Å²) in [6, 6.07) is -0.331. The highest BCUT2D eigenvalue weighted by Crippen LogP contribution is 2.37. The second-order valence-electron chi connectivity index (χ2n) is 4.55. The molecule has 2 aliphatic rings. The lowest BCUT2D eigenvalue weighted by Crippen LogP contribution is -2.48. The molecule has 0 radical (unpaired) electrons. The van der Waals surface area contributed by atoms with E-state index in [0.29, 0.717) is 11.8 Å². The Morgan fingerprint density at radius 3 is 3.00 bits per heavy atom. The van der Waals surface area contributed by atoms with Crippen molar-refractivity contribution in [1.82, 2.24) is 5.32 Å². The number of carboxylic acid groups (broad SMARTS) is 1. The molecule has 1 heterocycles. The molecule has 78 valence electrons. The van der Waals surface area contributed by atoms with Gasteiger partial charge in [0.2, 0.25) is 0 Å². The quantitative estimate of drug-likeness (QED) is 0.622. The molecule has 0 bridgehead atoms. The molecule has 1 saturated carbocycles. The lowest BCUT2D eigenvalue weighted by molar-refractivity contribution is -0.141. The second kappa shape index (κ2) is 3.73. The molecule has 0 aromatic heterocycles. The number of nitrogens with one attached hydrogen (secondary N) is 1. The fraction of sp³-hybridized carbons (Fsp3) is 0.727. The van der Waals surface area contributed by atoms with Crippen LogP contribution in [0, 0.1) is 11.8 Å². The standard InChI is InChI=1S/C11H17NO2/c1-7-2-3-8-6-12-10(11(13)14)5-9(8)4-7/h8-10,12H,1-6H2,(H,13,14). The Hall–Kier alpha value is -0.830. The number of aliphatic carboxylic acids is 1. The van der Waals surface area contributed by atoms with E-state index in [2.05, 4.69) is 11.9 Å². The van der Waals surface area contributed by atoms with E-state index in [9.17, 15) is 4.79 Å². The zero-order valence-electron chi connectivity index (χ0n) is 8.33. The van der Waals surface area contributed by atoms with Crippen molar-refractivity contribution in [2.24, 2.45) is 11.8 Å². The molecule has 14 heavy (non-hydrogen) atoms. The van der Waals surface area contributed by atoms with Crippen LogP contribution >= 0.6 is 0 Å². The van der Waals surface area contributed by atoms with Gasteiger partial charge in [-0.2, -0.15) is 0 Å². The van der Waals surface area contributed by atoms with Crippen molar-refractivity contribution in [2.75, 3.05) is 6.54 Å². The number of carboxylic acids is 1. The van der Waals surface area contributed by atoms with Crippen molar-refractivity contribution < 1.29 is 9.90 Å². The Balaban J connectivity index is 1.99. The zero-order chi connectivity index (χ0) is 10.1. The summed E-state index contributed by atoms with van der Waals surface area (Å²) in [5.41, 5.74) is 1.30. The van der Waals surface area contributed by atoms with Gasteiger partial charge in [-0.05, 0) is 44.1 Å². The molecule has 3 unspecified atom stereocenters. The van der Waals surface area contributed by atoms with Crippen LogP contribution < -0.4 is 5.32 Å². The molecule has 3 heteroatoms. The minimum absolute atomic E-state index is 0.331. The van der Waals surface area contributed by atoms with Crippen LogP contribution in [0.4, 0.5) is 0 Å². The normalized spacial score (nSPS) is 37.7. The largest absolute Gasteiger partial charge is 0.480 e. The molecule has 0 aromatic rings. The smallest absolute Gasteiger partial charge is 0.320 e. The molecule has 3 nitrogen and oxygen atoms in total. The first-order valence-electron chi connectivity index (χ1n) is 5.29. The van der Waals surface area contributed by atoms with Crippen molar-refractivity contribution in [1.29, 1.82) is 0 Å². The summed E-state index contributed by atoms with van der Waals surface area (Å²) in [6.07, 6.45) is 4.12. The maximum absolute atomic E-state index is 10.8. The first kappa shape index (κ1) is 9.71. The number of allylic oxidation sites excluding steroid dienone is 1. The van der Waals surface area contributed by atoms with Gasteiger partial charge >= 0.3 is 5.97 Å². The van der Waals surface area contributed by atoms with Crippen LogP contribution in [-0.4, -0.2) is 23.7 Å². The molecule has 2 rings (SSSR count). The molecule has 0 aromatic carbocycles. The van der Waals surface area contributed by atoms with Crippen LogP contribution in [0.2, 0.25) is 0 Å². The van der Waals surface area contributed by atoms with Gasteiger partial charge in [-0.3, -0.25) is 4.79 Å². The number of piperidine rings is 1. The van der Waals surface area contributed by atoms with Gasteiger partial charge < -0.3 is 10.4 Å². The Labute approximate surface area is 84.2 Å². The van der Waals surface area contributed by atoms with E-state index < -0.39 is 5.97 Å². The van der Waals surface area contributed by atoms with Crippen molar-refractivity contribution in [3.8, 4) is 0 Å². The van der Waals surface area contributed by atoms with Crippen molar-refractivity contribution in [2.45, 2.75) is 31.7 Å². The van der Waals surface area contributed by atoms with E-state index in [4.69, 9.17) is 5.11 Å². The molecule has 1 saturated heterocycles. The van der Waals surface area contributed by atoms with Crippen LogP contribution in [0.15, 0.2) is 12.2 Å². The maximum Gasteiger partial charge on any atom is 0.320 e. The predicted molar refractivity (Wildman–Crippen MR) is 54.0 cm³/mol. The van der Waals surface area contributed by atoms with Gasteiger partial charge in [-0.1, -0.05) is 12.2 Å². The van der Waals surface area contributed by atoms with E-state index in [-0.39, 0.29) is 6.04 Å². The van der Waals surface area contributed by atoms with Gasteiger partial charge in [-0.25, -0.2) is 0 Å². The lowest BCUT2D eigenvalue weighted by atomic mass is 9.72. The number of hydrogen-bond donors (Lipinski definition) is 2. The molecule has 1 aliphatic heterocycles. The van der Waals surface area contributed by atoms with Crippen LogP contribution in [0.25, 0.3) is 0 Å². The first-order chi connectivity index (χ1) is 6.66. The summed E-state index contributed by atoms with van der Waals surface area (Å²) in [4.78, 5) is 10.8. The minimum Gasteiger partial charge on any atom is -0.480 e. The third-order valence-corrected chi connectivity index (χ3v) is 3.55. The fourth-order valence-electron chi connectivity index (χ4n) is 2.68. The molecule has 0 amide bonds. The minimum atomic E-state index is -0.709. The number of rotatable bonds is 1. The highest BCUT2D eigenvalue weighted by Gasteiger charge is 2.35. The maximum atomic E-state index is 10.8. The van der Waals surface area contributed by atoms with Gasteiger partial charge in [0.25, 0.3) is 0 Å². The van der Waals surface area contributed by atoms with Crippen LogP contribution in [-0.2, 0) is 4.79 Å². The molecule has 2 fully saturated rings. The van der Waals surface area contributed by atoms with E-state index >= 15 is 0 Å². The van der Waals surface area contributed by atoms with E-state index in [1.165, 1.54) is 12.0 Å². The van der Waals surface area contributed by atoms with E-state index in [0.717, 1.165) is 25.8 Å². The molecule has 0 spiro atoms. The Bertz CT molecular complexity index is 260. The molecular weight excluding hydrogens is 178 g/mol. The summed E-state index contributed by atoms with van der Waals surface area (Å²) in [5.74, 6) is 0.523. The number of hydrogen-bond acceptors (Lipinski definition) is 2. The Morgan fingerprint density at radius 1 is 1.50 bits per heavy atom. The third kappa shape index (κ3) is 1.82. The van der Waals surface area contributed by atoms with Crippen molar-refractivity contribution in [3.63, 3.8) is 0 Å².